The Bertz CT molecular complexity index is 712. The summed E-state index contributed by atoms with van der Waals surface area (Å²) in [6, 6.07) is 5.06. The van der Waals surface area contributed by atoms with Gasteiger partial charge in [-0.2, -0.15) is 9.57 Å². The van der Waals surface area contributed by atoms with Crippen molar-refractivity contribution < 1.29 is 18.1 Å². The van der Waals surface area contributed by atoms with Gasteiger partial charge in [-0.25, -0.2) is 8.42 Å². The zero-order valence-corrected chi connectivity index (χ0v) is 11.6. The average molecular weight is 312 g/mol. The van der Waals surface area contributed by atoms with Gasteiger partial charge < -0.3 is 10.5 Å². The van der Waals surface area contributed by atoms with Gasteiger partial charge in [0, 0.05) is 18.7 Å². The van der Waals surface area contributed by atoms with Gasteiger partial charge in [0.05, 0.1) is 29.8 Å². The van der Waals surface area contributed by atoms with E-state index in [2.05, 4.69) is 0 Å². The lowest BCUT2D eigenvalue weighted by molar-refractivity contribution is -0.385. The van der Waals surface area contributed by atoms with Crippen LogP contribution in [0.4, 0.5) is 11.4 Å². The summed E-state index contributed by atoms with van der Waals surface area (Å²) in [4.78, 5) is 9.72. The van der Waals surface area contributed by atoms with Crippen LogP contribution >= 0.6 is 0 Å². The van der Waals surface area contributed by atoms with Crippen molar-refractivity contribution in [2.45, 2.75) is 11.0 Å². The summed E-state index contributed by atoms with van der Waals surface area (Å²) >= 11 is 0. The summed E-state index contributed by atoms with van der Waals surface area (Å²) in [5, 5.41) is 19.6. The number of nitro benzene ring substituents is 1. The van der Waals surface area contributed by atoms with Gasteiger partial charge in [-0.05, 0) is 6.07 Å². The topological polar surface area (TPSA) is 140 Å². The van der Waals surface area contributed by atoms with Crippen LogP contribution in [0, 0.1) is 21.4 Å². The largest absolute Gasteiger partial charge is 0.398 e. The summed E-state index contributed by atoms with van der Waals surface area (Å²) in [6.07, 6.45) is -0.867. The number of nitrogens with zero attached hydrogens (tertiary/aromatic N) is 3. The molecule has 1 unspecified atom stereocenters. The zero-order valence-electron chi connectivity index (χ0n) is 10.8. The first kappa shape index (κ1) is 15.2. The Hall–Kier alpha value is -2.22. The minimum Gasteiger partial charge on any atom is -0.398 e. The van der Waals surface area contributed by atoms with Crippen LogP contribution in [0.2, 0.25) is 0 Å². The van der Waals surface area contributed by atoms with Crippen LogP contribution in [0.25, 0.3) is 0 Å². The molecule has 1 atom stereocenters. The van der Waals surface area contributed by atoms with Gasteiger partial charge in [-0.1, -0.05) is 0 Å². The minimum atomic E-state index is -4.02. The van der Waals surface area contributed by atoms with Gasteiger partial charge in [0.25, 0.3) is 5.69 Å². The highest BCUT2D eigenvalue weighted by molar-refractivity contribution is 7.89. The lowest BCUT2D eigenvalue weighted by Crippen LogP contribution is -2.45. The number of ether oxygens (including phenoxy) is 1. The Kier molecular flexibility index (Phi) is 4.08. The van der Waals surface area contributed by atoms with E-state index in [0.29, 0.717) is 0 Å². The molecule has 1 aromatic carbocycles. The van der Waals surface area contributed by atoms with Crippen LogP contribution in [-0.2, 0) is 14.8 Å². The first-order valence-corrected chi connectivity index (χ1v) is 7.35. The highest BCUT2D eigenvalue weighted by Gasteiger charge is 2.33. The molecule has 0 amide bonds. The van der Waals surface area contributed by atoms with Crippen molar-refractivity contribution in [1.82, 2.24) is 4.31 Å². The van der Waals surface area contributed by atoms with E-state index in [1.54, 1.807) is 0 Å². The van der Waals surface area contributed by atoms with Gasteiger partial charge >= 0.3 is 0 Å². The molecule has 0 spiro atoms. The van der Waals surface area contributed by atoms with Crippen molar-refractivity contribution in [1.29, 1.82) is 5.26 Å². The fourth-order valence-electron chi connectivity index (χ4n) is 1.92. The number of nitriles is 1. The van der Waals surface area contributed by atoms with Crippen LogP contribution in [0.3, 0.4) is 0 Å². The van der Waals surface area contributed by atoms with Gasteiger partial charge in [0.1, 0.15) is 4.90 Å². The third kappa shape index (κ3) is 2.94. The third-order valence-electron chi connectivity index (χ3n) is 3.00. The number of sulfonamides is 1. The monoisotopic (exact) mass is 312 g/mol. The summed E-state index contributed by atoms with van der Waals surface area (Å²) in [7, 11) is -4.02. The van der Waals surface area contributed by atoms with E-state index < -0.39 is 21.1 Å². The van der Waals surface area contributed by atoms with E-state index in [1.807, 2.05) is 6.07 Å². The predicted octanol–water partition coefficient (Wildman–Crippen LogP) is 0.0901. The summed E-state index contributed by atoms with van der Waals surface area (Å²) in [5.74, 6) is 0. The number of benzene rings is 1. The van der Waals surface area contributed by atoms with Crippen LogP contribution in [-0.4, -0.2) is 43.4 Å². The van der Waals surface area contributed by atoms with E-state index in [0.717, 1.165) is 16.4 Å². The second-order valence-electron chi connectivity index (χ2n) is 4.33. The molecule has 0 radical (unpaired) electrons. The molecule has 0 saturated carbocycles. The minimum absolute atomic E-state index is 0.0582. The van der Waals surface area contributed by atoms with E-state index in [1.165, 1.54) is 6.07 Å². The standard InChI is InChI=1S/C11H12N4O5S/c12-6-9-7-14(3-4-20-9)21(18,19)11-5-8(15(16)17)1-2-10(11)13/h1-2,5,9H,3-4,7,13H2. The highest BCUT2D eigenvalue weighted by atomic mass is 32.2. The van der Waals surface area contributed by atoms with Crippen molar-refractivity contribution >= 4 is 21.4 Å². The molecular weight excluding hydrogens is 300 g/mol. The fraction of sp³-hybridized carbons (Fsp3) is 0.364. The summed E-state index contributed by atoms with van der Waals surface area (Å²) in [6.45, 7) is -0.00407. The molecule has 1 aliphatic heterocycles. The van der Waals surface area contributed by atoms with E-state index in [9.17, 15) is 18.5 Å². The van der Waals surface area contributed by atoms with Crippen molar-refractivity contribution in [3.05, 3.63) is 28.3 Å². The number of nitro groups is 1. The molecule has 112 valence electrons. The number of rotatable bonds is 3. The summed E-state index contributed by atoms with van der Waals surface area (Å²) in [5.41, 5.74) is 5.17. The molecule has 0 aromatic heterocycles. The molecule has 1 heterocycles. The van der Waals surface area contributed by atoms with Gasteiger partial charge in [0.2, 0.25) is 10.0 Å². The van der Waals surface area contributed by atoms with Gasteiger partial charge in [-0.3, -0.25) is 10.1 Å². The van der Waals surface area contributed by atoms with Gasteiger partial charge in [0.15, 0.2) is 6.10 Å². The molecular formula is C11H12N4O5S. The second-order valence-corrected chi connectivity index (χ2v) is 6.24. The first-order valence-electron chi connectivity index (χ1n) is 5.91. The van der Waals surface area contributed by atoms with Crippen LogP contribution in [0.5, 0.6) is 0 Å². The third-order valence-corrected chi connectivity index (χ3v) is 4.92. The average Bonchev–Trinajstić information content (AvgIpc) is 2.47. The predicted molar refractivity (Wildman–Crippen MR) is 71.6 cm³/mol. The van der Waals surface area contributed by atoms with Crippen molar-refractivity contribution in [2.75, 3.05) is 25.4 Å². The molecule has 1 fully saturated rings. The first-order chi connectivity index (χ1) is 9.86. The van der Waals surface area contributed by atoms with E-state index in [4.69, 9.17) is 15.7 Å². The number of nitrogens with two attached hydrogens (primary N) is 1. The maximum absolute atomic E-state index is 12.5. The lowest BCUT2D eigenvalue weighted by Gasteiger charge is -2.29. The Labute approximate surface area is 120 Å². The van der Waals surface area contributed by atoms with Gasteiger partial charge in [-0.15, -0.1) is 0 Å². The fourth-order valence-corrected chi connectivity index (χ4v) is 3.48. The number of anilines is 1. The Morgan fingerprint density at radius 1 is 1.52 bits per heavy atom. The Morgan fingerprint density at radius 2 is 2.24 bits per heavy atom. The molecule has 0 aliphatic carbocycles. The molecule has 2 rings (SSSR count). The SMILES string of the molecule is N#CC1CN(S(=O)(=O)c2cc([N+](=O)[O-])ccc2N)CCO1. The van der Waals surface area contributed by atoms with Crippen molar-refractivity contribution in [3.63, 3.8) is 0 Å². The highest BCUT2D eigenvalue weighted by Crippen LogP contribution is 2.27. The number of hydrogen-bond donors (Lipinski definition) is 1. The number of nitrogen functional groups attached to an aromatic ring is 1. The molecule has 1 aliphatic rings. The normalized spacial score (nSPS) is 19.9. The van der Waals surface area contributed by atoms with Crippen LogP contribution in [0.15, 0.2) is 23.1 Å². The van der Waals surface area contributed by atoms with Crippen LogP contribution < -0.4 is 5.73 Å². The molecule has 2 N–H and O–H groups in total. The molecule has 21 heavy (non-hydrogen) atoms. The Morgan fingerprint density at radius 3 is 2.86 bits per heavy atom. The number of non-ortho nitro benzene ring substituents is 1. The smallest absolute Gasteiger partial charge is 0.270 e. The number of hydrogen-bond acceptors (Lipinski definition) is 7. The van der Waals surface area contributed by atoms with Crippen LogP contribution in [0.1, 0.15) is 0 Å². The second kappa shape index (κ2) is 5.65. The van der Waals surface area contributed by atoms with E-state index in [-0.39, 0.29) is 36.0 Å². The zero-order chi connectivity index (χ0) is 15.6. The molecule has 10 heteroatoms. The van der Waals surface area contributed by atoms with E-state index >= 15 is 0 Å². The quantitative estimate of drug-likeness (QED) is 0.474. The maximum atomic E-state index is 12.5. The molecule has 1 saturated heterocycles. The molecule has 0 bridgehead atoms. The van der Waals surface area contributed by atoms with Crippen molar-refractivity contribution in [3.8, 4) is 6.07 Å². The molecule has 1 aromatic rings. The Balaban J connectivity index is 2.42. The lowest BCUT2D eigenvalue weighted by atomic mass is 10.3. The number of morpholine rings is 1. The molecule has 9 nitrogen and oxygen atoms in total. The van der Waals surface area contributed by atoms with Crippen molar-refractivity contribution in [2.24, 2.45) is 0 Å². The summed E-state index contributed by atoms with van der Waals surface area (Å²) < 4.78 is 31.1. The maximum Gasteiger partial charge on any atom is 0.270 e.